The third kappa shape index (κ3) is 6.01. The minimum atomic E-state index is -0.919. The van der Waals surface area contributed by atoms with Gasteiger partial charge in [-0.2, -0.15) is 5.26 Å². The zero-order valence-electron chi connectivity index (χ0n) is 15.8. The third-order valence-corrected chi connectivity index (χ3v) is 4.20. The Labute approximate surface area is 179 Å². The second kappa shape index (κ2) is 10.3. The van der Waals surface area contributed by atoms with Crippen LogP contribution >= 0.6 is 12.4 Å². The van der Waals surface area contributed by atoms with E-state index in [1.54, 1.807) is 12.1 Å². The maximum absolute atomic E-state index is 13.9. The molecule has 3 rings (SSSR count). The van der Waals surface area contributed by atoms with Gasteiger partial charge in [0.1, 0.15) is 11.8 Å². The molecule has 3 aromatic rings. The topological polar surface area (TPSA) is 109 Å². The highest BCUT2D eigenvalue weighted by Gasteiger charge is 2.11. The number of carbonyl (C=O) groups is 1. The van der Waals surface area contributed by atoms with Gasteiger partial charge in [0, 0.05) is 12.2 Å². The highest BCUT2D eigenvalue weighted by molar-refractivity contribution is 5.85. The zero-order valence-corrected chi connectivity index (χ0v) is 16.6. The van der Waals surface area contributed by atoms with Crippen LogP contribution in [0.5, 0.6) is 11.6 Å². The number of ether oxygens (including phenoxy) is 1. The normalized spacial score (nSPS) is 11.1. The van der Waals surface area contributed by atoms with Crippen molar-refractivity contribution >= 4 is 18.4 Å². The molecule has 0 amide bonds. The van der Waals surface area contributed by atoms with E-state index in [1.165, 1.54) is 6.20 Å². The molecule has 0 fully saturated rings. The second-order valence-electron chi connectivity index (χ2n) is 6.51. The number of aromatic nitrogens is 1. The molecule has 154 valence electrons. The van der Waals surface area contributed by atoms with Gasteiger partial charge in [-0.05, 0) is 41.3 Å². The lowest BCUT2D eigenvalue weighted by atomic mass is 9.98. The molecule has 0 saturated carbocycles. The van der Waals surface area contributed by atoms with Gasteiger partial charge >= 0.3 is 5.97 Å². The average molecular weight is 428 g/mol. The number of pyridine rings is 1. The molecule has 0 saturated heterocycles. The van der Waals surface area contributed by atoms with Gasteiger partial charge in [0.25, 0.3) is 5.88 Å². The van der Waals surface area contributed by atoms with Crippen LogP contribution < -0.4 is 10.5 Å². The first-order chi connectivity index (χ1) is 13.9. The molecule has 0 aliphatic carbocycles. The molecule has 1 heterocycles. The van der Waals surface area contributed by atoms with Gasteiger partial charge in [0.15, 0.2) is 5.82 Å². The Morgan fingerprint density at radius 1 is 1.20 bits per heavy atom. The molecule has 1 atom stereocenters. The largest absolute Gasteiger partial charge is 0.481 e. The predicted octanol–water partition coefficient (Wildman–Crippen LogP) is 4.32. The third-order valence-electron chi connectivity index (χ3n) is 4.20. The van der Waals surface area contributed by atoms with Gasteiger partial charge in [-0.3, -0.25) is 4.79 Å². The van der Waals surface area contributed by atoms with E-state index in [4.69, 9.17) is 20.8 Å². The Morgan fingerprint density at radius 2 is 1.93 bits per heavy atom. The molecule has 0 radical (unpaired) electrons. The van der Waals surface area contributed by atoms with Crippen LogP contribution in [-0.2, 0) is 11.2 Å². The van der Waals surface area contributed by atoms with Crippen LogP contribution in [0, 0.1) is 17.1 Å². The van der Waals surface area contributed by atoms with Gasteiger partial charge in [-0.15, -0.1) is 12.4 Å². The van der Waals surface area contributed by atoms with Crippen molar-refractivity contribution in [2.45, 2.75) is 18.9 Å². The van der Waals surface area contributed by atoms with E-state index in [0.29, 0.717) is 12.2 Å². The van der Waals surface area contributed by atoms with Crippen molar-refractivity contribution in [3.63, 3.8) is 0 Å². The van der Waals surface area contributed by atoms with E-state index >= 15 is 0 Å². The SMILES string of the molecule is Cl.N#Cc1cnc(Oc2ccc(-c3cccc(CC(N)CC(=O)O)c3)cc2)c(F)c1. The number of nitriles is 1. The van der Waals surface area contributed by atoms with E-state index in [2.05, 4.69) is 4.98 Å². The summed E-state index contributed by atoms with van der Waals surface area (Å²) in [5.74, 6) is -1.42. The Morgan fingerprint density at radius 3 is 2.57 bits per heavy atom. The lowest BCUT2D eigenvalue weighted by Gasteiger charge is -2.11. The first-order valence-electron chi connectivity index (χ1n) is 8.85. The van der Waals surface area contributed by atoms with Crippen LogP contribution in [0.2, 0.25) is 0 Å². The van der Waals surface area contributed by atoms with Crippen molar-refractivity contribution < 1.29 is 19.0 Å². The molecular formula is C22H19ClFN3O3. The number of rotatable bonds is 7. The van der Waals surface area contributed by atoms with Crippen LogP contribution in [0.25, 0.3) is 11.1 Å². The molecule has 30 heavy (non-hydrogen) atoms. The van der Waals surface area contributed by atoms with E-state index in [9.17, 15) is 9.18 Å². The van der Waals surface area contributed by atoms with Gasteiger partial charge in [-0.25, -0.2) is 9.37 Å². The first-order valence-corrected chi connectivity index (χ1v) is 8.85. The molecular weight excluding hydrogens is 409 g/mol. The predicted molar refractivity (Wildman–Crippen MR) is 112 cm³/mol. The fraction of sp³-hybridized carbons (Fsp3) is 0.136. The summed E-state index contributed by atoms with van der Waals surface area (Å²) in [6.07, 6.45) is 1.62. The zero-order chi connectivity index (χ0) is 20.8. The number of nitrogens with two attached hydrogens (primary N) is 1. The average Bonchev–Trinajstić information content (AvgIpc) is 2.69. The lowest BCUT2D eigenvalue weighted by Crippen LogP contribution is -2.26. The minimum Gasteiger partial charge on any atom is -0.481 e. The van der Waals surface area contributed by atoms with Crippen molar-refractivity contribution in [2.24, 2.45) is 5.73 Å². The summed E-state index contributed by atoms with van der Waals surface area (Å²) in [5, 5.41) is 17.6. The molecule has 0 aliphatic heterocycles. The maximum atomic E-state index is 13.9. The van der Waals surface area contributed by atoms with Gasteiger partial charge in [0.2, 0.25) is 0 Å². The number of nitrogens with zero attached hydrogens (tertiary/aromatic N) is 2. The van der Waals surface area contributed by atoms with E-state index in [0.717, 1.165) is 22.8 Å². The number of aliphatic carboxylic acids is 1. The fourth-order valence-electron chi connectivity index (χ4n) is 2.87. The van der Waals surface area contributed by atoms with Crippen LogP contribution in [0.15, 0.2) is 60.8 Å². The molecule has 1 aromatic heterocycles. The quantitative estimate of drug-likeness (QED) is 0.581. The standard InChI is InChI=1S/C22H18FN3O3.ClH/c23-20-10-15(12-24)13-26-22(20)29-19-6-4-16(5-7-19)17-3-1-2-14(8-17)9-18(25)11-21(27)28;/h1-8,10,13,18H,9,11,25H2,(H,27,28);1H. The smallest absolute Gasteiger partial charge is 0.304 e. The second-order valence-corrected chi connectivity index (χ2v) is 6.51. The molecule has 6 nitrogen and oxygen atoms in total. The molecule has 0 bridgehead atoms. The van der Waals surface area contributed by atoms with Crippen LogP contribution in [0.4, 0.5) is 4.39 Å². The summed E-state index contributed by atoms with van der Waals surface area (Å²) in [5.41, 5.74) is 8.79. The highest BCUT2D eigenvalue weighted by Crippen LogP contribution is 2.27. The lowest BCUT2D eigenvalue weighted by molar-refractivity contribution is -0.137. The molecule has 3 N–H and O–H groups in total. The van der Waals surface area contributed by atoms with E-state index in [1.807, 2.05) is 42.5 Å². The summed E-state index contributed by atoms with van der Waals surface area (Å²) >= 11 is 0. The summed E-state index contributed by atoms with van der Waals surface area (Å²) in [4.78, 5) is 14.6. The summed E-state index contributed by atoms with van der Waals surface area (Å²) in [7, 11) is 0. The van der Waals surface area contributed by atoms with E-state index < -0.39 is 17.8 Å². The van der Waals surface area contributed by atoms with Crippen molar-refractivity contribution in [2.75, 3.05) is 0 Å². The van der Waals surface area contributed by atoms with Gasteiger partial charge in [-0.1, -0.05) is 36.4 Å². The molecule has 0 aliphatic rings. The fourth-order valence-corrected chi connectivity index (χ4v) is 2.87. The van der Waals surface area contributed by atoms with Crippen LogP contribution in [-0.4, -0.2) is 22.1 Å². The molecule has 0 spiro atoms. The summed E-state index contributed by atoms with van der Waals surface area (Å²) in [6.45, 7) is 0. The van der Waals surface area contributed by atoms with Crippen molar-refractivity contribution in [3.05, 3.63) is 77.7 Å². The monoisotopic (exact) mass is 427 g/mol. The maximum Gasteiger partial charge on any atom is 0.304 e. The van der Waals surface area contributed by atoms with E-state index in [-0.39, 0.29) is 30.3 Å². The van der Waals surface area contributed by atoms with Crippen molar-refractivity contribution in [3.8, 4) is 28.8 Å². The van der Waals surface area contributed by atoms with Crippen LogP contribution in [0.3, 0.4) is 0 Å². The Hall–Kier alpha value is -3.47. The number of halogens is 2. The Kier molecular flexibility index (Phi) is 7.87. The molecule has 1 unspecified atom stereocenters. The molecule has 2 aromatic carbocycles. The molecule has 8 heteroatoms. The first kappa shape index (κ1) is 22.8. The highest BCUT2D eigenvalue weighted by atomic mass is 35.5. The number of carboxylic acid groups (broad SMARTS) is 1. The van der Waals surface area contributed by atoms with Crippen molar-refractivity contribution in [1.82, 2.24) is 4.98 Å². The summed E-state index contributed by atoms with van der Waals surface area (Å²) in [6, 6.07) is 17.2. The van der Waals surface area contributed by atoms with Crippen LogP contribution in [0.1, 0.15) is 17.5 Å². The number of hydrogen-bond donors (Lipinski definition) is 2. The number of benzene rings is 2. The van der Waals surface area contributed by atoms with Gasteiger partial charge < -0.3 is 15.6 Å². The number of hydrogen-bond acceptors (Lipinski definition) is 5. The van der Waals surface area contributed by atoms with Crippen molar-refractivity contribution in [1.29, 1.82) is 5.26 Å². The summed E-state index contributed by atoms with van der Waals surface area (Å²) < 4.78 is 19.4. The van der Waals surface area contributed by atoms with Gasteiger partial charge in [0.05, 0.1) is 12.0 Å². The Balaban J connectivity index is 0.00000320. The minimum absolute atomic E-state index is 0. The Bertz CT molecular complexity index is 1070. The number of carboxylic acids is 1.